The van der Waals surface area contributed by atoms with E-state index in [0.29, 0.717) is 13.0 Å². The second-order valence-electron chi connectivity index (χ2n) is 3.31. The van der Waals surface area contributed by atoms with Crippen molar-refractivity contribution in [3.63, 3.8) is 0 Å². The minimum atomic E-state index is -0.280. The van der Waals surface area contributed by atoms with Crippen LogP contribution in [0.25, 0.3) is 0 Å². The summed E-state index contributed by atoms with van der Waals surface area (Å²) in [5, 5.41) is 9.20. The molecule has 0 bridgehead atoms. The third-order valence-electron chi connectivity index (χ3n) is 1.83. The van der Waals surface area contributed by atoms with Crippen LogP contribution in [0.2, 0.25) is 0 Å². The fraction of sp³-hybridized carbons (Fsp3) is 0.455. The van der Waals surface area contributed by atoms with Gasteiger partial charge in [-0.1, -0.05) is 24.3 Å². The molecule has 0 fully saturated rings. The fourth-order valence-corrected chi connectivity index (χ4v) is 1.35. The molecule has 0 aliphatic carbocycles. The molecule has 0 spiro atoms. The standard InChI is InChI=1S/C11H16O2/c1-9(12)6-10-4-3-5-11(7-10)8-13-2/h3-5,7,9,12H,6,8H2,1-2H3/t9-/m0/s1. The van der Waals surface area contributed by atoms with E-state index < -0.39 is 0 Å². The van der Waals surface area contributed by atoms with Crippen molar-refractivity contribution < 1.29 is 9.84 Å². The maximum atomic E-state index is 9.20. The predicted molar refractivity (Wildman–Crippen MR) is 52.5 cm³/mol. The number of benzene rings is 1. The summed E-state index contributed by atoms with van der Waals surface area (Å²) in [5.74, 6) is 0. The summed E-state index contributed by atoms with van der Waals surface area (Å²) in [6, 6.07) is 8.10. The van der Waals surface area contributed by atoms with Crippen LogP contribution in [0.15, 0.2) is 24.3 Å². The van der Waals surface area contributed by atoms with Crippen LogP contribution in [-0.2, 0) is 17.8 Å². The zero-order valence-electron chi connectivity index (χ0n) is 8.16. The molecule has 0 amide bonds. The lowest BCUT2D eigenvalue weighted by atomic mass is 10.1. The number of hydrogen-bond acceptors (Lipinski definition) is 2. The molecular weight excluding hydrogens is 164 g/mol. The summed E-state index contributed by atoms with van der Waals surface area (Å²) < 4.78 is 5.03. The van der Waals surface area contributed by atoms with Crippen LogP contribution in [0.1, 0.15) is 18.1 Å². The fourth-order valence-electron chi connectivity index (χ4n) is 1.35. The molecule has 1 aromatic carbocycles. The van der Waals surface area contributed by atoms with E-state index in [2.05, 4.69) is 6.07 Å². The summed E-state index contributed by atoms with van der Waals surface area (Å²) in [7, 11) is 1.68. The first-order valence-corrected chi connectivity index (χ1v) is 4.47. The highest BCUT2D eigenvalue weighted by Crippen LogP contribution is 2.08. The maximum absolute atomic E-state index is 9.20. The first kappa shape index (κ1) is 10.2. The Labute approximate surface area is 79.2 Å². The lowest BCUT2D eigenvalue weighted by Crippen LogP contribution is -2.04. The SMILES string of the molecule is COCc1cccc(C[C@H](C)O)c1. The molecule has 0 aliphatic heterocycles. The van der Waals surface area contributed by atoms with Crippen molar-refractivity contribution in [1.82, 2.24) is 0 Å². The van der Waals surface area contributed by atoms with Crippen LogP contribution in [0.5, 0.6) is 0 Å². The number of hydrogen-bond donors (Lipinski definition) is 1. The van der Waals surface area contributed by atoms with Crippen LogP contribution >= 0.6 is 0 Å². The van der Waals surface area contributed by atoms with Crippen LogP contribution in [0, 0.1) is 0 Å². The second kappa shape index (κ2) is 5.00. The van der Waals surface area contributed by atoms with Gasteiger partial charge < -0.3 is 9.84 Å². The van der Waals surface area contributed by atoms with E-state index in [1.165, 1.54) is 0 Å². The summed E-state index contributed by atoms with van der Waals surface area (Å²) in [4.78, 5) is 0. The maximum Gasteiger partial charge on any atom is 0.0713 e. The van der Waals surface area contributed by atoms with Gasteiger partial charge in [-0.15, -0.1) is 0 Å². The van der Waals surface area contributed by atoms with Crippen LogP contribution in [-0.4, -0.2) is 18.3 Å². The molecule has 2 nitrogen and oxygen atoms in total. The number of aliphatic hydroxyl groups excluding tert-OH is 1. The van der Waals surface area contributed by atoms with Crippen LogP contribution in [0.4, 0.5) is 0 Å². The quantitative estimate of drug-likeness (QED) is 0.765. The molecule has 0 aromatic heterocycles. The minimum absolute atomic E-state index is 0.280. The Morgan fingerprint density at radius 1 is 1.38 bits per heavy atom. The molecule has 0 saturated carbocycles. The average Bonchev–Trinajstić information content (AvgIpc) is 2.04. The van der Waals surface area contributed by atoms with Gasteiger partial charge in [0.15, 0.2) is 0 Å². The van der Waals surface area contributed by atoms with Crippen molar-refractivity contribution in [1.29, 1.82) is 0 Å². The molecule has 0 unspecified atom stereocenters. The summed E-state index contributed by atoms with van der Waals surface area (Å²) in [5.41, 5.74) is 2.31. The highest BCUT2D eigenvalue weighted by atomic mass is 16.5. The Balaban J connectivity index is 2.67. The number of rotatable bonds is 4. The lowest BCUT2D eigenvalue weighted by molar-refractivity contribution is 0.184. The molecule has 13 heavy (non-hydrogen) atoms. The molecule has 0 radical (unpaired) electrons. The third-order valence-corrected chi connectivity index (χ3v) is 1.83. The van der Waals surface area contributed by atoms with Gasteiger partial charge in [0.2, 0.25) is 0 Å². The summed E-state index contributed by atoms with van der Waals surface area (Å²) >= 11 is 0. The van der Waals surface area contributed by atoms with E-state index in [0.717, 1.165) is 11.1 Å². The van der Waals surface area contributed by atoms with E-state index in [-0.39, 0.29) is 6.10 Å². The molecule has 0 saturated heterocycles. The van der Waals surface area contributed by atoms with Gasteiger partial charge in [-0.2, -0.15) is 0 Å². The van der Waals surface area contributed by atoms with E-state index in [4.69, 9.17) is 4.74 Å². The van der Waals surface area contributed by atoms with E-state index in [1.807, 2.05) is 18.2 Å². The van der Waals surface area contributed by atoms with Crippen LogP contribution in [0.3, 0.4) is 0 Å². The first-order valence-electron chi connectivity index (χ1n) is 4.47. The van der Waals surface area contributed by atoms with Gasteiger partial charge in [-0.3, -0.25) is 0 Å². The van der Waals surface area contributed by atoms with Crippen molar-refractivity contribution in [2.75, 3.05) is 7.11 Å². The van der Waals surface area contributed by atoms with Crippen molar-refractivity contribution >= 4 is 0 Å². The molecule has 1 N–H and O–H groups in total. The second-order valence-corrected chi connectivity index (χ2v) is 3.31. The molecular formula is C11H16O2. The average molecular weight is 180 g/mol. The van der Waals surface area contributed by atoms with Gasteiger partial charge in [-0.25, -0.2) is 0 Å². The Bertz CT molecular complexity index is 256. The van der Waals surface area contributed by atoms with E-state index in [1.54, 1.807) is 14.0 Å². The van der Waals surface area contributed by atoms with Crippen molar-refractivity contribution in [3.05, 3.63) is 35.4 Å². The number of ether oxygens (including phenoxy) is 1. The summed E-state index contributed by atoms with van der Waals surface area (Å²) in [6.07, 6.45) is 0.426. The largest absolute Gasteiger partial charge is 0.393 e. The monoisotopic (exact) mass is 180 g/mol. The summed E-state index contributed by atoms with van der Waals surface area (Å²) in [6.45, 7) is 2.43. The Kier molecular flexibility index (Phi) is 3.93. The molecule has 0 heterocycles. The Hall–Kier alpha value is -0.860. The van der Waals surface area contributed by atoms with Crippen molar-refractivity contribution in [2.24, 2.45) is 0 Å². The Morgan fingerprint density at radius 2 is 2.08 bits per heavy atom. The molecule has 1 rings (SSSR count). The highest BCUT2D eigenvalue weighted by Gasteiger charge is 1.99. The first-order chi connectivity index (χ1) is 6.22. The van der Waals surface area contributed by atoms with Crippen LogP contribution < -0.4 is 0 Å². The van der Waals surface area contributed by atoms with Gasteiger partial charge in [0.25, 0.3) is 0 Å². The number of methoxy groups -OCH3 is 1. The topological polar surface area (TPSA) is 29.5 Å². The van der Waals surface area contributed by atoms with Gasteiger partial charge in [0, 0.05) is 7.11 Å². The minimum Gasteiger partial charge on any atom is -0.393 e. The normalized spacial score (nSPS) is 12.8. The zero-order chi connectivity index (χ0) is 9.68. The third kappa shape index (κ3) is 3.57. The lowest BCUT2D eigenvalue weighted by Gasteiger charge is -2.06. The van der Waals surface area contributed by atoms with E-state index >= 15 is 0 Å². The molecule has 2 heteroatoms. The number of aliphatic hydroxyl groups is 1. The van der Waals surface area contributed by atoms with Gasteiger partial charge in [-0.05, 0) is 24.5 Å². The molecule has 1 aromatic rings. The van der Waals surface area contributed by atoms with Crippen molar-refractivity contribution in [3.8, 4) is 0 Å². The Morgan fingerprint density at radius 3 is 2.69 bits per heavy atom. The molecule has 0 aliphatic rings. The smallest absolute Gasteiger partial charge is 0.0713 e. The van der Waals surface area contributed by atoms with Gasteiger partial charge in [0.05, 0.1) is 12.7 Å². The van der Waals surface area contributed by atoms with Gasteiger partial charge in [0.1, 0.15) is 0 Å². The molecule has 1 atom stereocenters. The van der Waals surface area contributed by atoms with Gasteiger partial charge >= 0.3 is 0 Å². The predicted octanol–water partition coefficient (Wildman–Crippen LogP) is 1.76. The van der Waals surface area contributed by atoms with E-state index in [9.17, 15) is 5.11 Å². The zero-order valence-corrected chi connectivity index (χ0v) is 8.16. The molecule has 72 valence electrons. The van der Waals surface area contributed by atoms with Crippen molar-refractivity contribution in [2.45, 2.75) is 26.1 Å². The highest BCUT2D eigenvalue weighted by molar-refractivity contribution is 5.23.